The quantitative estimate of drug-likeness (QED) is 0.810. The number of ether oxygens (including phenoxy) is 1. The molecule has 2 aromatic carbocycles. The number of benzene rings is 2. The largest absolute Gasteiger partial charge is 0.487 e. The maximum atomic E-state index is 11.6. The van der Waals surface area contributed by atoms with Crippen molar-refractivity contribution < 1.29 is 9.53 Å². The minimum atomic E-state index is -0.0808. The van der Waals surface area contributed by atoms with Crippen LogP contribution in [0, 0.1) is 0 Å². The molecule has 0 aromatic heterocycles. The summed E-state index contributed by atoms with van der Waals surface area (Å²) < 4.78 is 5.95. The van der Waals surface area contributed by atoms with Gasteiger partial charge in [-0.2, -0.15) is 0 Å². The number of piperidine rings is 1. The number of nitrogens with one attached hydrogen (secondary N) is 1. The van der Waals surface area contributed by atoms with E-state index in [0.29, 0.717) is 12.4 Å². The van der Waals surface area contributed by atoms with Gasteiger partial charge in [-0.1, -0.05) is 42.8 Å². The van der Waals surface area contributed by atoms with E-state index < -0.39 is 0 Å². The number of carbonyl (C=O) groups excluding carboxylic acids is 1. The first-order valence-electron chi connectivity index (χ1n) is 9.50. The Bertz CT molecular complexity index is 709. The second-order valence-corrected chi connectivity index (χ2v) is 6.94. The number of carbonyl (C=O) groups is 1. The van der Waals surface area contributed by atoms with Crippen molar-refractivity contribution in [3.63, 3.8) is 0 Å². The van der Waals surface area contributed by atoms with Gasteiger partial charge in [0.05, 0.1) is 5.69 Å². The average molecular weight is 352 g/mol. The van der Waals surface area contributed by atoms with E-state index in [1.165, 1.54) is 44.8 Å². The first-order chi connectivity index (χ1) is 12.7. The third-order valence-electron chi connectivity index (χ3n) is 4.76. The molecule has 26 heavy (non-hydrogen) atoms. The topological polar surface area (TPSA) is 41.6 Å². The van der Waals surface area contributed by atoms with Gasteiger partial charge in [-0.05, 0) is 55.6 Å². The molecule has 1 amide bonds. The van der Waals surface area contributed by atoms with Crippen molar-refractivity contribution in [1.82, 2.24) is 4.90 Å². The molecular weight excluding hydrogens is 324 g/mol. The number of hydrogen-bond acceptors (Lipinski definition) is 3. The number of anilines is 1. The lowest BCUT2D eigenvalue weighted by Gasteiger charge is -2.26. The number of likely N-dealkylation sites (tertiary alicyclic amines) is 1. The SMILES string of the molecule is CC(=O)Nc1cc(CCN2CCCCC2)ccc1OCc1ccccc1. The molecule has 1 saturated heterocycles. The third-order valence-corrected chi connectivity index (χ3v) is 4.76. The minimum absolute atomic E-state index is 0.0808. The Morgan fingerprint density at radius 2 is 1.81 bits per heavy atom. The summed E-state index contributed by atoms with van der Waals surface area (Å²) in [6.45, 7) is 5.50. The molecule has 1 aliphatic rings. The van der Waals surface area contributed by atoms with Crippen LogP contribution in [0.2, 0.25) is 0 Å². The van der Waals surface area contributed by atoms with Gasteiger partial charge in [-0.3, -0.25) is 4.79 Å². The Labute approximate surface area is 156 Å². The standard InChI is InChI=1S/C22H28N2O2/c1-18(25)23-21-16-19(12-15-24-13-6-3-7-14-24)10-11-22(21)26-17-20-8-4-2-5-9-20/h2,4-5,8-11,16H,3,6-7,12-15,17H2,1H3,(H,23,25). The zero-order chi connectivity index (χ0) is 18.2. The van der Waals surface area contributed by atoms with Gasteiger partial charge in [0.1, 0.15) is 12.4 Å². The van der Waals surface area contributed by atoms with Crippen LogP contribution in [0.5, 0.6) is 5.75 Å². The zero-order valence-electron chi connectivity index (χ0n) is 15.5. The zero-order valence-corrected chi connectivity index (χ0v) is 15.5. The summed E-state index contributed by atoms with van der Waals surface area (Å²) in [4.78, 5) is 14.1. The van der Waals surface area contributed by atoms with Crippen molar-refractivity contribution in [2.24, 2.45) is 0 Å². The highest BCUT2D eigenvalue weighted by molar-refractivity contribution is 5.90. The summed E-state index contributed by atoms with van der Waals surface area (Å²) in [6.07, 6.45) is 4.97. The van der Waals surface area contributed by atoms with Crippen LogP contribution in [-0.4, -0.2) is 30.4 Å². The predicted molar refractivity (Wildman–Crippen MR) is 106 cm³/mol. The van der Waals surface area contributed by atoms with Crippen LogP contribution in [0.25, 0.3) is 0 Å². The Balaban J connectivity index is 1.65. The molecule has 4 nitrogen and oxygen atoms in total. The fraction of sp³-hybridized carbons (Fsp3) is 0.409. The second kappa shape index (κ2) is 9.39. The lowest BCUT2D eigenvalue weighted by Crippen LogP contribution is -2.31. The maximum Gasteiger partial charge on any atom is 0.221 e. The number of rotatable bonds is 7. The van der Waals surface area contributed by atoms with Crippen LogP contribution < -0.4 is 10.1 Å². The van der Waals surface area contributed by atoms with E-state index in [9.17, 15) is 4.79 Å². The molecule has 4 heteroatoms. The van der Waals surface area contributed by atoms with Crippen LogP contribution in [0.4, 0.5) is 5.69 Å². The molecule has 0 aliphatic carbocycles. The van der Waals surface area contributed by atoms with Gasteiger partial charge < -0.3 is 15.0 Å². The smallest absolute Gasteiger partial charge is 0.221 e. The van der Waals surface area contributed by atoms with Crippen molar-refractivity contribution >= 4 is 11.6 Å². The Kier molecular flexibility index (Phi) is 6.67. The van der Waals surface area contributed by atoms with Crippen LogP contribution >= 0.6 is 0 Å². The highest BCUT2D eigenvalue weighted by atomic mass is 16.5. The summed E-state index contributed by atoms with van der Waals surface area (Å²) >= 11 is 0. The summed E-state index contributed by atoms with van der Waals surface area (Å²) in [5, 5.41) is 2.91. The normalized spacial score (nSPS) is 14.8. The van der Waals surface area contributed by atoms with Crippen molar-refractivity contribution in [3.05, 3.63) is 59.7 Å². The fourth-order valence-corrected chi connectivity index (χ4v) is 3.35. The molecule has 1 aliphatic heterocycles. The van der Waals surface area contributed by atoms with E-state index in [1.54, 1.807) is 0 Å². The maximum absolute atomic E-state index is 11.6. The molecular formula is C22H28N2O2. The van der Waals surface area contributed by atoms with E-state index in [2.05, 4.69) is 16.3 Å². The lowest BCUT2D eigenvalue weighted by atomic mass is 10.1. The lowest BCUT2D eigenvalue weighted by molar-refractivity contribution is -0.114. The van der Waals surface area contributed by atoms with E-state index >= 15 is 0 Å². The van der Waals surface area contributed by atoms with E-state index in [-0.39, 0.29) is 5.91 Å². The van der Waals surface area contributed by atoms with Crippen molar-refractivity contribution in [1.29, 1.82) is 0 Å². The fourth-order valence-electron chi connectivity index (χ4n) is 3.35. The highest BCUT2D eigenvalue weighted by Crippen LogP contribution is 2.27. The summed E-state index contributed by atoms with van der Waals surface area (Å²) in [7, 11) is 0. The van der Waals surface area contributed by atoms with E-state index in [1.807, 2.05) is 42.5 Å². The van der Waals surface area contributed by atoms with E-state index in [0.717, 1.165) is 24.2 Å². The summed E-state index contributed by atoms with van der Waals surface area (Å²) in [6, 6.07) is 16.2. The Morgan fingerprint density at radius 3 is 2.54 bits per heavy atom. The van der Waals surface area contributed by atoms with Crippen molar-refractivity contribution in [2.75, 3.05) is 25.0 Å². The Morgan fingerprint density at radius 1 is 1.04 bits per heavy atom. The van der Waals surface area contributed by atoms with Gasteiger partial charge in [0.15, 0.2) is 0 Å². The first kappa shape index (κ1) is 18.5. The van der Waals surface area contributed by atoms with Crippen molar-refractivity contribution in [3.8, 4) is 5.75 Å². The molecule has 0 bridgehead atoms. The number of nitrogens with zero attached hydrogens (tertiary/aromatic N) is 1. The molecule has 1 N–H and O–H groups in total. The van der Waals surface area contributed by atoms with Gasteiger partial charge in [-0.15, -0.1) is 0 Å². The third kappa shape index (κ3) is 5.60. The molecule has 0 unspecified atom stereocenters. The average Bonchev–Trinajstić information content (AvgIpc) is 2.67. The molecule has 0 spiro atoms. The van der Waals surface area contributed by atoms with Crippen molar-refractivity contribution in [2.45, 2.75) is 39.2 Å². The molecule has 0 radical (unpaired) electrons. The van der Waals surface area contributed by atoms with Gasteiger partial charge in [-0.25, -0.2) is 0 Å². The van der Waals surface area contributed by atoms with Gasteiger partial charge in [0, 0.05) is 13.5 Å². The van der Waals surface area contributed by atoms with Crippen LogP contribution in [0.1, 0.15) is 37.3 Å². The number of amides is 1. The van der Waals surface area contributed by atoms with Gasteiger partial charge in [0.25, 0.3) is 0 Å². The van der Waals surface area contributed by atoms with E-state index in [4.69, 9.17) is 4.74 Å². The summed E-state index contributed by atoms with van der Waals surface area (Å²) in [5.74, 6) is 0.633. The molecule has 3 rings (SSSR count). The monoisotopic (exact) mass is 352 g/mol. The predicted octanol–water partition coefficient (Wildman–Crippen LogP) is 4.25. The Hall–Kier alpha value is -2.33. The molecule has 1 fully saturated rings. The molecule has 138 valence electrons. The van der Waals surface area contributed by atoms with Crippen LogP contribution in [0.15, 0.2) is 48.5 Å². The number of hydrogen-bond donors (Lipinski definition) is 1. The highest BCUT2D eigenvalue weighted by Gasteiger charge is 2.11. The van der Waals surface area contributed by atoms with Gasteiger partial charge in [0.2, 0.25) is 5.91 Å². The molecule has 2 aromatic rings. The minimum Gasteiger partial charge on any atom is -0.487 e. The summed E-state index contributed by atoms with van der Waals surface area (Å²) in [5.41, 5.74) is 3.09. The first-order valence-corrected chi connectivity index (χ1v) is 9.50. The second-order valence-electron chi connectivity index (χ2n) is 6.94. The molecule has 0 saturated carbocycles. The molecule has 1 heterocycles. The van der Waals surface area contributed by atoms with Crippen LogP contribution in [0.3, 0.4) is 0 Å². The van der Waals surface area contributed by atoms with Gasteiger partial charge >= 0.3 is 0 Å². The molecule has 0 atom stereocenters. The van der Waals surface area contributed by atoms with Crippen LogP contribution in [-0.2, 0) is 17.8 Å².